The van der Waals surface area contributed by atoms with E-state index >= 15 is 0 Å². The number of hydrogen-bond acceptors (Lipinski definition) is 7. The average molecular weight is 294 g/mol. The molecule has 0 unspecified atom stereocenters. The highest BCUT2D eigenvalue weighted by Crippen LogP contribution is 2.23. The van der Waals surface area contributed by atoms with E-state index in [1.165, 1.54) is 0 Å². The highest BCUT2D eigenvalue weighted by molar-refractivity contribution is 5.87. The SMILES string of the molecule is CCNc1nc(N(CCOC)CCOC)c2cn[nH]c2n1. The van der Waals surface area contributed by atoms with E-state index in [-0.39, 0.29) is 0 Å². The average Bonchev–Trinajstić information content (AvgIpc) is 2.95. The lowest BCUT2D eigenvalue weighted by molar-refractivity contribution is 0.190. The van der Waals surface area contributed by atoms with E-state index in [1.807, 2.05) is 6.92 Å². The monoisotopic (exact) mass is 294 g/mol. The maximum atomic E-state index is 5.18. The van der Waals surface area contributed by atoms with Gasteiger partial charge in [-0.05, 0) is 6.92 Å². The van der Waals surface area contributed by atoms with Gasteiger partial charge in [-0.25, -0.2) is 0 Å². The third-order valence-corrected chi connectivity index (χ3v) is 3.05. The van der Waals surface area contributed by atoms with Gasteiger partial charge in [0.15, 0.2) is 5.65 Å². The third-order valence-electron chi connectivity index (χ3n) is 3.05. The molecule has 0 radical (unpaired) electrons. The fourth-order valence-electron chi connectivity index (χ4n) is 2.02. The predicted molar refractivity (Wildman–Crippen MR) is 81.8 cm³/mol. The number of anilines is 2. The Kier molecular flexibility index (Phi) is 5.70. The number of nitrogens with one attached hydrogen (secondary N) is 2. The molecule has 2 N–H and O–H groups in total. The molecule has 2 aromatic rings. The first-order chi connectivity index (χ1) is 10.3. The molecule has 0 fully saturated rings. The molecule has 0 aromatic carbocycles. The summed E-state index contributed by atoms with van der Waals surface area (Å²) < 4.78 is 10.4. The van der Waals surface area contributed by atoms with E-state index in [0.717, 1.165) is 36.5 Å². The predicted octanol–water partition coefficient (Wildman–Crippen LogP) is 0.884. The summed E-state index contributed by atoms with van der Waals surface area (Å²) in [7, 11) is 3.37. The van der Waals surface area contributed by atoms with Gasteiger partial charge in [0.2, 0.25) is 5.95 Å². The van der Waals surface area contributed by atoms with Gasteiger partial charge < -0.3 is 19.7 Å². The van der Waals surface area contributed by atoms with E-state index in [4.69, 9.17) is 9.47 Å². The molecule has 0 aliphatic carbocycles. The van der Waals surface area contributed by atoms with E-state index < -0.39 is 0 Å². The zero-order chi connectivity index (χ0) is 15.1. The highest BCUT2D eigenvalue weighted by atomic mass is 16.5. The normalized spacial score (nSPS) is 11.0. The molecule has 21 heavy (non-hydrogen) atoms. The summed E-state index contributed by atoms with van der Waals surface area (Å²) in [6, 6.07) is 0. The summed E-state index contributed by atoms with van der Waals surface area (Å²) in [5.41, 5.74) is 0.718. The van der Waals surface area contributed by atoms with Crippen molar-refractivity contribution >= 4 is 22.8 Å². The van der Waals surface area contributed by atoms with Gasteiger partial charge in [-0.3, -0.25) is 5.10 Å². The first-order valence-corrected chi connectivity index (χ1v) is 6.98. The van der Waals surface area contributed by atoms with Gasteiger partial charge in [0, 0.05) is 33.9 Å². The van der Waals surface area contributed by atoms with Crippen molar-refractivity contribution in [1.29, 1.82) is 0 Å². The minimum atomic E-state index is 0.587. The molecular weight excluding hydrogens is 272 g/mol. The molecule has 2 rings (SSSR count). The van der Waals surface area contributed by atoms with Gasteiger partial charge in [0.05, 0.1) is 24.8 Å². The molecule has 0 atom stereocenters. The Labute approximate surface area is 123 Å². The number of methoxy groups -OCH3 is 2. The van der Waals surface area contributed by atoms with Crippen LogP contribution in [-0.4, -0.2) is 67.2 Å². The Morgan fingerprint density at radius 3 is 2.52 bits per heavy atom. The number of aromatic nitrogens is 4. The first-order valence-electron chi connectivity index (χ1n) is 6.98. The van der Waals surface area contributed by atoms with Gasteiger partial charge in [-0.15, -0.1) is 0 Å². The molecule has 2 heterocycles. The lowest BCUT2D eigenvalue weighted by Crippen LogP contribution is -2.31. The standard InChI is InChI=1S/C13H22N6O2/c1-4-14-13-16-11-10(9-15-18-11)12(17-13)19(5-7-20-2)6-8-21-3/h9H,4-8H2,1-3H3,(H2,14,15,16,17,18). The maximum Gasteiger partial charge on any atom is 0.226 e. The molecule has 0 amide bonds. The van der Waals surface area contributed by atoms with Crippen molar-refractivity contribution in [3.05, 3.63) is 6.20 Å². The van der Waals surface area contributed by atoms with Crippen LogP contribution in [0, 0.1) is 0 Å². The van der Waals surface area contributed by atoms with Gasteiger partial charge in [0.25, 0.3) is 0 Å². The second-order valence-electron chi connectivity index (χ2n) is 4.51. The van der Waals surface area contributed by atoms with Crippen LogP contribution in [-0.2, 0) is 9.47 Å². The zero-order valence-electron chi connectivity index (χ0n) is 12.7. The van der Waals surface area contributed by atoms with Gasteiger partial charge in [-0.2, -0.15) is 15.1 Å². The number of H-pyrrole nitrogens is 1. The molecule has 2 aromatic heterocycles. The van der Waals surface area contributed by atoms with Crippen LogP contribution in [0.5, 0.6) is 0 Å². The van der Waals surface area contributed by atoms with Gasteiger partial charge in [0.1, 0.15) is 5.82 Å². The van der Waals surface area contributed by atoms with Crippen molar-refractivity contribution < 1.29 is 9.47 Å². The summed E-state index contributed by atoms with van der Waals surface area (Å²) in [4.78, 5) is 11.1. The molecule has 0 aliphatic heterocycles. The minimum absolute atomic E-state index is 0.587. The van der Waals surface area contributed by atoms with Gasteiger partial charge >= 0.3 is 0 Å². The molecule has 116 valence electrons. The van der Waals surface area contributed by atoms with Crippen molar-refractivity contribution in [2.45, 2.75) is 6.92 Å². The number of rotatable bonds is 9. The topological polar surface area (TPSA) is 88.2 Å². The van der Waals surface area contributed by atoms with Crippen LogP contribution >= 0.6 is 0 Å². The molecule has 8 heteroatoms. The summed E-state index contributed by atoms with van der Waals surface area (Å²) in [5, 5.41) is 11.0. The molecular formula is C13H22N6O2. The molecule has 0 saturated heterocycles. The zero-order valence-corrected chi connectivity index (χ0v) is 12.7. The van der Waals surface area contributed by atoms with Crippen molar-refractivity contribution in [2.75, 3.05) is 57.3 Å². The fraction of sp³-hybridized carbons (Fsp3) is 0.615. The molecule has 0 saturated carbocycles. The Morgan fingerprint density at radius 2 is 1.90 bits per heavy atom. The van der Waals surface area contributed by atoms with Crippen molar-refractivity contribution in [3.63, 3.8) is 0 Å². The van der Waals surface area contributed by atoms with Crippen molar-refractivity contribution in [2.24, 2.45) is 0 Å². The largest absolute Gasteiger partial charge is 0.383 e. The van der Waals surface area contributed by atoms with E-state index in [2.05, 4.69) is 30.4 Å². The quantitative estimate of drug-likeness (QED) is 0.710. The number of hydrogen-bond donors (Lipinski definition) is 2. The van der Waals surface area contributed by atoms with E-state index in [9.17, 15) is 0 Å². The van der Waals surface area contributed by atoms with Crippen LogP contribution in [0.4, 0.5) is 11.8 Å². The number of nitrogens with zero attached hydrogens (tertiary/aromatic N) is 4. The van der Waals surface area contributed by atoms with Crippen LogP contribution in [0.2, 0.25) is 0 Å². The summed E-state index contributed by atoms with van der Waals surface area (Å²) in [5.74, 6) is 1.42. The number of ether oxygens (including phenoxy) is 2. The Balaban J connectivity index is 2.35. The van der Waals surface area contributed by atoms with E-state index in [0.29, 0.717) is 19.2 Å². The van der Waals surface area contributed by atoms with Crippen LogP contribution in [0.25, 0.3) is 11.0 Å². The van der Waals surface area contributed by atoms with Crippen LogP contribution in [0.1, 0.15) is 6.92 Å². The van der Waals surface area contributed by atoms with Gasteiger partial charge in [-0.1, -0.05) is 0 Å². The second-order valence-corrected chi connectivity index (χ2v) is 4.51. The minimum Gasteiger partial charge on any atom is -0.383 e. The second kappa shape index (κ2) is 7.75. The van der Waals surface area contributed by atoms with Crippen molar-refractivity contribution in [1.82, 2.24) is 20.2 Å². The first kappa shape index (κ1) is 15.5. The summed E-state index contributed by atoms with van der Waals surface area (Å²) in [6.45, 7) is 5.45. The lowest BCUT2D eigenvalue weighted by Gasteiger charge is -2.24. The summed E-state index contributed by atoms with van der Waals surface area (Å²) >= 11 is 0. The van der Waals surface area contributed by atoms with Crippen LogP contribution in [0.15, 0.2) is 6.20 Å². The number of fused-ring (bicyclic) bond motifs is 1. The Morgan fingerprint density at radius 1 is 1.19 bits per heavy atom. The van der Waals surface area contributed by atoms with Crippen LogP contribution in [0.3, 0.4) is 0 Å². The maximum absolute atomic E-state index is 5.18. The molecule has 0 spiro atoms. The smallest absolute Gasteiger partial charge is 0.226 e. The molecule has 0 bridgehead atoms. The fourth-order valence-corrected chi connectivity index (χ4v) is 2.02. The number of aromatic amines is 1. The Bertz CT molecular complexity index is 551. The molecule has 0 aliphatic rings. The van der Waals surface area contributed by atoms with Crippen molar-refractivity contribution in [3.8, 4) is 0 Å². The summed E-state index contributed by atoms with van der Waals surface area (Å²) in [6.07, 6.45) is 1.74. The molecule has 8 nitrogen and oxygen atoms in total. The van der Waals surface area contributed by atoms with E-state index in [1.54, 1.807) is 20.4 Å². The third kappa shape index (κ3) is 3.79. The van der Waals surface area contributed by atoms with Crippen LogP contribution < -0.4 is 10.2 Å². The lowest BCUT2D eigenvalue weighted by atomic mass is 10.3. The Hall–Kier alpha value is -1.93. The highest BCUT2D eigenvalue weighted by Gasteiger charge is 2.15.